The Morgan fingerprint density at radius 2 is 2.10 bits per heavy atom. The third-order valence-electron chi connectivity index (χ3n) is 4.41. The average molecular weight is 423 g/mol. The van der Waals surface area contributed by atoms with Crippen LogP contribution in [0.3, 0.4) is 0 Å². The van der Waals surface area contributed by atoms with Crippen LogP contribution in [0.1, 0.15) is 44.9 Å². The van der Waals surface area contributed by atoms with Crippen molar-refractivity contribution in [3.63, 3.8) is 0 Å². The van der Waals surface area contributed by atoms with Gasteiger partial charge in [0, 0.05) is 25.8 Å². The molecule has 166 valence electrons. The van der Waals surface area contributed by atoms with E-state index in [1.54, 1.807) is 26.8 Å². The highest BCUT2D eigenvalue weighted by Gasteiger charge is 2.36. The number of hydrogen-bond donors (Lipinski definition) is 1. The number of rotatable bonds is 7. The number of hydrogen-bond acceptors (Lipinski definition) is 6. The molecule has 1 atom stereocenters. The summed E-state index contributed by atoms with van der Waals surface area (Å²) in [5.41, 5.74) is -0.128. The van der Waals surface area contributed by atoms with Crippen LogP contribution in [0.5, 0.6) is 5.88 Å². The Bertz CT molecular complexity index is 792. The molecule has 1 unspecified atom stereocenters. The van der Waals surface area contributed by atoms with Crippen molar-refractivity contribution < 1.29 is 28.2 Å². The number of carbonyl (C=O) groups excluding carboxylic acids is 2. The van der Waals surface area contributed by atoms with Crippen LogP contribution in [0.4, 0.5) is 9.18 Å². The Morgan fingerprint density at radius 1 is 1.37 bits per heavy atom. The molecule has 2 heterocycles. The van der Waals surface area contributed by atoms with Crippen molar-refractivity contribution in [2.45, 2.75) is 51.8 Å². The van der Waals surface area contributed by atoms with Crippen molar-refractivity contribution >= 4 is 18.1 Å². The fourth-order valence-electron chi connectivity index (χ4n) is 3.08. The standard InChI is InChI=1S/C21H30FN3O5/c1-21(2,3)30-20(27)25-10-6-9-17(25)18(26)23-13-14-12-15(22)16(8-7-11-28-4)24-19(14)29-5/h7-8,12,17H,6,9-11,13H2,1-5H3,(H,23,26)/b8-7+. The van der Waals surface area contributed by atoms with E-state index in [1.165, 1.54) is 31.3 Å². The summed E-state index contributed by atoms with van der Waals surface area (Å²) in [6.07, 6.45) is 3.87. The number of amides is 2. The number of ether oxygens (including phenoxy) is 3. The van der Waals surface area contributed by atoms with E-state index in [0.29, 0.717) is 31.6 Å². The first-order chi connectivity index (χ1) is 14.2. The molecule has 8 nitrogen and oxygen atoms in total. The number of aromatic nitrogens is 1. The maximum atomic E-state index is 14.4. The van der Waals surface area contributed by atoms with E-state index in [0.717, 1.165) is 0 Å². The third kappa shape index (κ3) is 6.41. The monoisotopic (exact) mass is 423 g/mol. The van der Waals surface area contributed by atoms with Gasteiger partial charge in [-0.25, -0.2) is 14.2 Å². The lowest BCUT2D eigenvalue weighted by atomic mass is 10.2. The smallest absolute Gasteiger partial charge is 0.410 e. The summed E-state index contributed by atoms with van der Waals surface area (Å²) in [5, 5.41) is 2.75. The van der Waals surface area contributed by atoms with E-state index < -0.39 is 23.6 Å². The molecule has 0 spiro atoms. The van der Waals surface area contributed by atoms with Crippen LogP contribution in [0.15, 0.2) is 12.1 Å². The van der Waals surface area contributed by atoms with E-state index in [9.17, 15) is 14.0 Å². The molecule has 0 aliphatic carbocycles. The summed E-state index contributed by atoms with van der Waals surface area (Å²) in [4.78, 5) is 30.6. The number of nitrogens with zero attached hydrogens (tertiary/aromatic N) is 2. The van der Waals surface area contributed by atoms with Crippen molar-refractivity contribution in [2.24, 2.45) is 0 Å². The predicted molar refractivity (Wildman–Crippen MR) is 109 cm³/mol. The Morgan fingerprint density at radius 3 is 2.73 bits per heavy atom. The van der Waals surface area contributed by atoms with Gasteiger partial charge in [0.1, 0.15) is 23.2 Å². The Kier molecular flexibility index (Phi) is 8.16. The highest BCUT2D eigenvalue weighted by molar-refractivity contribution is 5.86. The van der Waals surface area contributed by atoms with Gasteiger partial charge >= 0.3 is 6.09 Å². The topological polar surface area (TPSA) is 90.0 Å². The molecule has 1 aromatic rings. The van der Waals surface area contributed by atoms with Crippen molar-refractivity contribution in [3.8, 4) is 5.88 Å². The van der Waals surface area contributed by atoms with Gasteiger partial charge in [0.2, 0.25) is 11.8 Å². The fraction of sp³-hybridized carbons (Fsp3) is 0.571. The number of likely N-dealkylation sites (tertiary alicyclic amines) is 1. The van der Waals surface area contributed by atoms with Crippen LogP contribution >= 0.6 is 0 Å². The van der Waals surface area contributed by atoms with Crippen LogP contribution < -0.4 is 10.1 Å². The number of nitrogens with one attached hydrogen (secondary N) is 1. The maximum absolute atomic E-state index is 14.4. The SMILES string of the molecule is COC/C=C/c1nc(OC)c(CNC(=O)C2CCCN2C(=O)OC(C)(C)C)cc1F. The Hall–Kier alpha value is -2.68. The van der Waals surface area contributed by atoms with Gasteiger partial charge in [-0.1, -0.05) is 6.08 Å². The van der Waals surface area contributed by atoms with E-state index in [-0.39, 0.29) is 24.0 Å². The summed E-state index contributed by atoms with van der Waals surface area (Å²) < 4.78 is 29.9. The lowest BCUT2D eigenvalue weighted by Gasteiger charge is -2.28. The lowest BCUT2D eigenvalue weighted by Crippen LogP contribution is -2.47. The molecule has 2 rings (SSSR count). The molecule has 1 aliphatic heterocycles. The zero-order valence-corrected chi connectivity index (χ0v) is 18.2. The van der Waals surface area contributed by atoms with Gasteiger partial charge in [0.25, 0.3) is 0 Å². The Labute approximate surface area is 176 Å². The van der Waals surface area contributed by atoms with Crippen LogP contribution in [0.25, 0.3) is 6.08 Å². The predicted octanol–water partition coefficient (Wildman–Crippen LogP) is 2.90. The van der Waals surface area contributed by atoms with Crippen molar-refractivity contribution in [1.82, 2.24) is 15.2 Å². The first-order valence-electron chi connectivity index (χ1n) is 9.82. The van der Waals surface area contributed by atoms with Crippen molar-refractivity contribution in [3.05, 3.63) is 29.2 Å². The molecule has 1 aromatic heterocycles. The van der Waals surface area contributed by atoms with E-state index in [1.807, 2.05) is 0 Å². The van der Waals surface area contributed by atoms with Gasteiger partial charge in [-0.05, 0) is 45.8 Å². The largest absolute Gasteiger partial charge is 0.481 e. The van der Waals surface area contributed by atoms with Crippen LogP contribution in [-0.2, 0) is 20.8 Å². The summed E-state index contributed by atoms with van der Waals surface area (Å²) in [6.45, 7) is 6.13. The summed E-state index contributed by atoms with van der Waals surface area (Å²) in [6, 6.07) is 0.652. The van der Waals surface area contributed by atoms with Gasteiger partial charge in [-0.3, -0.25) is 9.69 Å². The molecule has 1 aliphatic rings. The second kappa shape index (κ2) is 10.4. The molecule has 0 saturated carbocycles. The number of pyridine rings is 1. The third-order valence-corrected chi connectivity index (χ3v) is 4.41. The number of methoxy groups -OCH3 is 2. The van der Waals surface area contributed by atoms with Crippen molar-refractivity contribution in [1.29, 1.82) is 0 Å². The van der Waals surface area contributed by atoms with E-state index in [2.05, 4.69) is 10.3 Å². The molecule has 0 aromatic carbocycles. The second-order valence-electron chi connectivity index (χ2n) is 7.93. The van der Waals surface area contributed by atoms with Crippen LogP contribution in [0.2, 0.25) is 0 Å². The van der Waals surface area contributed by atoms with Gasteiger partial charge in [0.05, 0.1) is 13.7 Å². The molecular formula is C21H30FN3O5. The lowest BCUT2D eigenvalue weighted by molar-refractivity contribution is -0.125. The zero-order valence-electron chi connectivity index (χ0n) is 18.2. The van der Waals surface area contributed by atoms with Crippen LogP contribution in [0, 0.1) is 5.82 Å². The molecule has 30 heavy (non-hydrogen) atoms. The summed E-state index contributed by atoms with van der Waals surface area (Å²) >= 11 is 0. The minimum Gasteiger partial charge on any atom is -0.481 e. The summed E-state index contributed by atoms with van der Waals surface area (Å²) in [5.74, 6) is -0.655. The Balaban J connectivity index is 2.06. The van der Waals surface area contributed by atoms with Crippen LogP contribution in [-0.4, -0.2) is 60.9 Å². The highest BCUT2D eigenvalue weighted by Crippen LogP contribution is 2.23. The zero-order chi connectivity index (χ0) is 22.3. The van der Waals surface area contributed by atoms with Gasteiger partial charge in [-0.2, -0.15) is 0 Å². The van der Waals surface area contributed by atoms with Gasteiger partial charge < -0.3 is 19.5 Å². The van der Waals surface area contributed by atoms with E-state index >= 15 is 0 Å². The molecular weight excluding hydrogens is 393 g/mol. The molecule has 2 amide bonds. The number of carbonyl (C=O) groups is 2. The first-order valence-corrected chi connectivity index (χ1v) is 9.82. The van der Waals surface area contributed by atoms with E-state index in [4.69, 9.17) is 14.2 Å². The highest BCUT2D eigenvalue weighted by atomic mass is 19.1. The molecule has 9 heteroatoms. The van der Waals surface area contributed by atoms with Crippen molar-refractivity contribution in [2.75, 3.05) is 27.4 Å². The fourth-order valence-corrected chi connectivity index (χ4v) is 3.08. The minimum absolute atomic E-state index is 0.0205. The minimum atomic E-state index is -0.642. The van der Waals surface area contributed by atoms with Gasteiger partial charge in [-0.15, -0.1) is 0 Å². The molecule has 1 fully saturated rings. The molecule has 1 saturated heterocycles. The van der Waals surface area contributed by atoms with Gasteiger partial charge in [0.15, 0.2) is 0 Å². The molecule has 1 N–H and O–H groups in total. The first kappa shape index (κ1) is 23.6. The average Bonchev–Trinajstić information content (AvgIpc) is 3.16. The normalized spacial score (nSPS) is 16.7. The second-order valence-corrected chi connectivity index (χ2v) is 7.93. The number of halogens is 1. The summed E-state index contributed by atoms with van der Waals surface area (Å²) in [7, 11) is 2.96. The molecule has 0 bridgehead atoms. The molecule has 0 radical (unpaired) electrons. The quantitative estimate of drug-likeness (QED) is 0.725. The maximum Gasteiger partial charge on any atom is 0.410 e.